The average Bonchev–Trinajstić information content (AvgIpc) is 2.22. The minimum Gasteiger partial charge on any atom is -0.495 e. The third-order valence-electron chi connectivity index (χ3n) is 3.62. The third-order valence-corrected chi connectivity index (χ3v) is 3.62. The highest BCUT2D eigenvalue weighted by Crippen LogP contribution is 2.40. The average molecular weight is 282 g/mol. The van der Waals surface area contributed by atoms with Gasteiger partial charge in [0.1, 0.15) is 5.60 Å². The van der Waals surface area contributed by atoms with E-state index < -0.39 is 11.7 Å². The van der Waals surface area contributed by atoms with Crippen LogP contribution in [-0.4, -0.2) is 52.1 Å². The molecule has 2 heterocycles. The molecule has 6 nitrogen and oxygen atoms in total. The maximum Gasteiger partial charge on any atom is 0.417 e. The number of carbonyl (C=O) groups is 2. The van der Waals surface area contributed by atoms with Crippen molar-refractivity contribution in [2.24, 2.45) is 5.41 Å². The summed E-state index contributed by atoms with van der Waals surface area (Å²) in [6.07, 6.45) is 1.86. The Balaban J connectivity index is 2.02. The summed E-state index contributed by atoms with van der Waals surface area (Å²) < 4.78 is 5.25. The quantitative estimate of drug-likeness (QED) is 0.736. The molecule has 2 rings (SSSR count). The highest BCUT2D eigenvalue weighted by Gasteiger charge is 2.46. The molecule has 0 aliphatic carbocycles. The number of rotatable bonds is 0. The maximum absolute atomic E-state index is 12.0. The second-order valence-corrected chi connectivity index (χ2v) is 6.62. The Hall–Kier alpha value is -1.72. The molecular formula is C14H22N2O4. The van der Waals surface area contributed by atoms with Crippen LogP contribution in [0, 0.1) is 5.41 Å². The number of ether oxygens (including phenoxy) is 1. The van der Waals surface area contributed by atoms with Gasteiger partial charge in [0.2, 0.25) is 5.91 Å². The van der Waals surface area contributed by atoms with Crippen LogP contribution in [0.4, 0.5) is 4.79 Å². The van der Waals surface area contributed by atoms with E-state index in [9.17, 15) is 14.7 Å². The summed E-state index contributed by atoms with van der Waals surface area (Å²) >= 11 is 0. The molecule has 1 spiro atoms. The van der Waals surface area contributed by atoms with E-state index in [4.69, 9.17) is 4.74 Å². The summed E-state index contributed by atoms with van der Waals surface area (Å²) in [4.78, 5) is 26.1. The Bertz CT molecular complexity index is 458. The standard InChI is InChI=1S/C14H22N2O4/c1-10(17)15-8-14(9-15)5-6-16(11(18)7-14)12(19)20-13(2,3)4/h7,18H,5-6,8-9H2,1-4H3. The van der Waals surface area contributed by atoms with Crippen LogP contribution in [0.1, 0.15) is 34.1 Å². The van der Waals surface area contributed by atoms with E-state index in [1.54, 1.807) is 31.7 Å². The van der Waals surface area contributed by atoms with Crippen LogP contribution in [0.2, 0.25) is 0 Å². The van der Waals surface area contributed by atoms with E-state index in [2.05, 4.69) is 0 Å². The first-order valence-electron chi connectivity index (χ1n) is 6.80. The van der Waals surface area contributed by atoms with Crippen LogP contribution in [0.15, 0.2) is 12.0 Å². The number of likely N-dealkylation sites (tertiary alicyclic amines) is 1. The van der Waals surface area contributed by atoms with Crippen LogP contribution in [-0.2, 0) is 9.53 Å². The molecular weight excluding hydrogens is 260 g/mol. The molecule has 0 saturated carbocycles. The first kappa shape index (κ1) is 14.7. The van der Waals surface area contributed by atoms with Gasteiger partial charge in [0, 0.05) is 32.0 Å². The molecule has 0 aromatic heterocycles. The van der Waals surface area contributed by atoms with E-state index in [1.807, 2.05) is 0 Å². The number of amides is 2. The summed E-state index contributed by atoms with van der Waals surface area (Å²) in [7, 11) is 0. The van der Waals surface area contributed by atoms with Gasteiger partial charge in [0.15, 0.2) is 5.88 Å². The lowest BCUT2D eigenvalue weighted by atomic mass is 9.75. The number of hydrogen-bond acceptors (Lipinski definition) is 4. The fourth-order valence-electron chi connectivity index (χ4n) is 2.56. The second kappa shape index (κ2) is 4.68. The lowest BCUT2D eigenvalue weighted by Crippen LogP contribution is -2.59. The molecule has 20 heavy (non-hydrogen) atoms. The lowest BCUT2D eigenvalue weighted by Gasteiger charge is -2.50. The van der Waals surface area contributed by atoms with Crippen molar-refractivity contribution in [1.29, 1.82) is 0 Å². The van der Waals surface area contributed by atoms with E-state index in [0.717, 1.165) is 6.42 Å². The SMILES string of the molecule is CC(=O)N1CC2(C=C(O)N(C(=O)OC(C)(C)C)CC2)C1. The molecule has 2 aliphatic rings. The molecule has 0 aromatic rings. The van der Waals surface area contributed by atoms with Gasteiger partial charge < -0.3 is 14.7 Å². The van der Waals surface area contributed by atoms with Gasteiger partial charge in [-0.1, -0.05) is 0 Å². The maximum atomic E-state index is 12.0. The van der Waals surface area contributed by atoms with Crippen molar-refractivity contribution < 1.29 is 19.4 Å². The van der Waals surface area contributed by atoms with Gasteiger partial charge in [-0.05, 0) is 33.3 Å². The van der Waals surface area contributed by atoms with Gasteiger partial charge in [-0.3, -0.25) is 4.79 Å². The summed E-state index contributed by atoms with van der Waals surface area (Å²) in [5, 5.41) is 10.0. The summed E-state index contributed by atoms with van der Waals surface area (Å²) in [6, 6.07) is 0. The molecule has 1 saturated heterocycles. The van der Waals surface area contributed by atoms with Crippen LogP contribution in [0.3, 0.4) is 0 Å². The van der Waals surface area contributed by atoms with E-state index in [-0.39, 0.29) is 17.2 Å². The Labute approximate surface area is 119 Å². The van der Waals surface area contributed by atoms with Crippen molar-refractivity contribution >= 4 is 12.0 Å². The number of aliphatic hydroxyl groups is 1. The Morgan fingerprint density at radius 1 is 1.35 bits per heavy atom. The number of hydrogen-bond donors (Lipinski definition) is 1. The van der Waals surface area contributed by atoms with Gasteiger partial charge >= 0.3 is 6.09 Å². The van der Waals surface area contributed by atoms with Crippen molar-refractivity contribution in [3.05, 3.63) is 12.0 Å². The molecule has 0 aromatic carbocycles. The fourth-order valence-corrected chi connectivity index (χ4v) is 2.56. The topological polar surface area (TPSA) is 70.1 Å². The highest BCUT2D eigenvalue weighted by molar-refractivity contribution is 5.75. The molecule has 0 radical (unpaired) electrons. The molecule has 0 bridgehead atoms. The van der Waals surface area contributed by atoms with Crippen LogP contribution < -0.4 is 0 Å². The van der Waals surface area contributed by atoms with Gasteiger partial charge in [-0.25, -0.2) is 9.69 Å². The normalized spacial score (nSPS) is 21.3. The van der Waals surface area contributed by atoms with Crippen LogP contribution in [0.5, 0.6) is 0 Å². The first-order chi connectivity index (χ1) is 9.12. The Kier molecular flexibility index (Phi) is 3.44. The van der Waals surface area contributed by atoms with Crippen molar-refractivity contribution in [3.63, 3.8) is 0 Å². The van der Waals surface area contributed by atoms with E-state index in [1.165, 1.54) is 11.8 Å². The predicted molar refractivity (Wildman–Crippen MR) is 73.0 cm³/mol. The van der Waals surface area contributed by atoms with Crippen molar-refractivity contribution in [3.8, 4) is 0 Å². The summed E-state index contributed by atoms with van der Waals surface area (Å²) in [6.45, 7) is 8.51. The third kappa shape index (κ3) is 2.89. The number of carbonyl (C=O) groups excluding carboxylic acids is 2. The molecule has 0 unspecified atom stereocenters. The van der Waals surface area contributed by atoms with Gasteiger partial charge in [-0.2, -0.15) is 0 Å². The van der Waals surface area contributed by atoms with Crippen molar-refractivity contribution in [1.82, 2.24) is 9.80 Å². The Morgan fingerprint density at radius 2 is 1.95 bits per heavy atom. The lowest BCUT2D eigenvalue weighted by molar-refractivity contribution is -0.139. The van der Waals surface area contributed by atoms with Crippen molar-refractivity contribution in [2.75, 3.05) is 19.6 Å². The largest absolute Gasteiger partial charge is 0.495 e. The summed E-state index contributed by atoms with van der Waals surface area (Å²) in [5.41, 5.74) is -0.775. The zero-order valence-corrected chi connectivity index (χ0v) is 12.5. The van der Waals surface area contributed by atoms with E-state index in [0.29, 0.717) is 19.6 Å². The zero-order valence-electron chi connectivity index (χ0n) is 12.5. The molecule has 1 fully saturated rings. The van der Waals surface area contributed by atoms with Crippen LogP contribution >= 0.6 is 0 Å². The van der Waals surface area contributed by atoms with Gasteiger partial charge in [0.25, 0.3) is 0 Å². The van der Waals surface area contributed by atoms with Gasteiger partial charge in [-0.15, -0.1) is 0 Å². The monoisotopic (exact) mass is 282 g/mol. The minimum atomic E-state index is -0.589. The highest BCUT2D eigenvalue weighted by atomic mass is 16.6. The smallest absolute Gasteiger partial charge is 0.417 e. The number of nitrogens with zero attached hydrogens (tertiary/aromatic N) is 2. The fraction of sp³-hybridized carbons (Fsp3) is 0.714. The van der Waals surface area contributed by atoms with E-state index >= 15 is 0 Å². The molecule has 0 atom stereocenters. The predicted octanol–water partition coefficient (Wildman–Crippen LogP) is 1.88. The second-order valence-electron chi connectivity index (χ2n) is 6.62. The minimum absolute atomic E-state index is 0.0399. The van der Waals surface area contributed by atoms with Crippen molar-refractivity contribution in [2.45, 2.75) is 39.7 Å². The Morgan fingerprint density at radius 3 is 2.40 bits per heavy atom. The molecule has 1 N–H and O–H groups in total. The molecule has 2 aliphatic heterocycles. The molecule has 2 amide bonds. The summed E-state index contributed by atoms with van der Waals surface area (Å²) in [5.74, 6) is -0.0354. The number of aliphatic hydroxyl groups excluding tert-OH is 1. The first-order valence-corrected chi connectivity index (χ1v) is 6.80. The molecule has 112 valence electrons. The van der Waals surface area contributed by atoms with Gasteiger partial charge in [0.05, 0.1) is 0 Å². The van der Waals surface area contributed by atoms with Crippen LogP contribution in [0.25, 0.3) is 0 Å². The zero-order chi connectivity index (χ0) is 15.1. The molecule has 6 heteroatoms.